The first kappa shape index (κ1) is 21.3. The van der Waals surface area contributed by atoms with Crippen LogP contribution < -0.4 is 10.0 Å². The lowest BCUT2D eigenvalue weighted by atomic mass is 10.0. The van der Waals surface area contributed by atoms with Gasteiger partial charge in [0.2, 0.25) is 10.0 Å². The molecule has 2 aromatic carbocycles. The van der Waals surface area contributed by atoms with Gasteiger partial charge in [-0.3, -0.25) is 4.79 Å². The van der Waals surface area contributed by atoms with Gasteiger partial charge in [0.05, 0.1) is 27.2 Å². The van der Waals surface area contributed by atoms with Gasteiger partial charge < -0.3 is 9.84 Å². The van der Waals surface area contributed by atoms with Crippen molar-refractivity contribution in [3.8, 4) is 11.3 Å². The van der Waals surface area contributed by atoms with Crippen molar-refractivity contribution in [2.24, 2.45) is 0 Å². The number of aryl methyl sites for hydroxylation is 2. The molecule has 2 N–H and O–H groups in total. The number of hydrogen-bond donors (Lipinski definition) is 2. The van der Waals surface area contributed by atoms with Crippen molar-refractivity contribution in [2.45, 2.75) is 37.6 Å². The van der Waals surface area contributed by atoms with Crippen LogP contribution in [0, 0.1) is 13.8 Å². The second-order valence-electron chi connectivity index (χ2n) is 8.25. The number of carbonyl (C=O) groups excluding carboxylic acids is 1. The minimum atomic E-state index is -3.64. The first-order valence-electron chi connectivity index (χ1n) is 10.6. The van der Waals surface area contributed by atoms with Gasteiger partial charge in [0.25, 0.3) is 11.6 Å². The number of carbonyl (C=O) groups is 1. The summed E-state index contributed by atoms with van der Waals surface area (Å²) in [7, 11) is -3.64. The number of pyridine rings is 1. The molecule has 9 heteroatoms. The highest BCUT2D eigenvalue weighted by Crippen LogP contribution is 2.28. The SMILES string of the molecule is Cc1ccc(-c2cc(C(=O)Nc3cccc(S(=O)(=O)NC4CC4)c3)c3c(C)noc3n2)cc1. The maximum atomic E-state index is 13.3. The van der Waals surface area contributed by atoms with E-state index in [1.807, 2.05) is 31.2 Å². The molecule has 0 radical (unpaired) electrons. The van der Waals surface area contributed by atoms with Crippen LogP contribution in [0.4, 0.5) is 5.69 Å². The first-order chi connectivity index (χ1) is 15.8. The molecule has 1 aliphatic carbocycles. The predicted molar refractivity (Wildman–Crippen MR) is 124 cm³/mol. The van der Waals surface area contributed by atoms with Gasteiger partial charge in [-0.1, -0.05) is 41.1 Å². The Morgan fingerprint density at radius 1 is 1.06 bits per heavy atom. The topological polar surface area (TPSA) is 114 Å². The van der Waals surface area contributed by atoms with Gasteiger partial charge in [-0.05, 0) is 51.0 Å². The van der Waals surface area contributed by atoms with Crippen LogP contribution in [-0.2, 0) is 10.0 Å². The Hall–Kier alpha value is -3.56. The van der Waals surface area contributed by atoms with Gasteiger partial charge in [0, 0.05) is 17.3 Å². The maximum absolute atomic E-state index is 13.3. The molecule has 4 aromatic rings. The molecule has 1 aliphatic rings. The molecule has 1 fully saturated rings. The lowest BCUT2D eigenvalue weighted by molar-refractivity contribution is 0.102. The van der Waals surface area contributed by atoms with Crippen LogP contribution >= 0.6 is 0 Å². The first-order valence-corrected chi connectivity index (χ1v) is 12.1. The van der Waals surface area contributed by atoms with Crippen molar-refractivity contribution in [3.05, 3.63) is 71.4 Å². The Labute approximate surface area is 191 Å². The minimum Gasteiger partial charge on any atom is -0.335 e. The molecule has 1 saturated carbocycles. The lowest BCUT2D eigenvalue weighted by Crippen LogP contribution is -2.25. The van der Waals surface area contributed by atoms with Crippen molar-refractivity contribution < 1.29 is 17.7 Å². The molecule has 0 saturated heterocycles. The van der Waals surface area contributed by atoms with E-state index in [9.17, 15) is 13.2 Å². The molecule has 1 amide bonds. The van der Waals surface area contributed by atoms with Crippen LogP contribution in [0.5, 0.6) is 0 Å². The van der Waals surface area contributed by atoms with Crippen molar-refractivity contribution in [3.63, 3.8) is 0 Å². The fourth-order valence-corrected chi connectivity index (χ4v) is 4.92. The van der Waals surface area contributed by atoms with Crippen LogP contribution in [0.3, 0.4) is 0 Å². The molecule has 0 aliphatic heterocycles. The number of nitrogens with one attached hydrogen (secondary N) is 2. The predicted octanol–water partition coefficient (Wildman–Crippen LogP) is 4.20. The molecule has 5 rings (SSSR count). The van der Waals surface area contributed by atoms with E-state index < -0.39 is 15.9 Å². The zero-order valence-electron chi connectivity index (χ0n) is 18.1. The third kappa shape index (κ3) is 4.37. The summed E-state index contributed by atoms with van der Waals surface area (Å²) in [4.78, 5) is 17.9. The highest BCUT2D eigenvalue weighted by atomic mass is 32.2. The highest BCUT2D eigenvalue weighted by Gasteiger charge is 2.28. The number of nitrogens with zero attached hydrogens (tertiary/aromatic N) is 2. The Morgan fingerprint density at radius 3 is 2.55 bits per heavy atom. The Kier molecular flexibility index (Phi) is 5.22. The van der Waals surface area contributed by atoms with Crippen molar-refractivity contribution in [2.75, 3.05) is 5.32 Å². The van der Waals surface area contributed by atoms with E-state index >= 15 is 0 Å². The van der Waals surface area contributed by atoms with Crippen molar-refractivity contribution in [1.29, 1.82) is 0 Å². The normalized spacial score (nSPS) is 13.9. The summed E-state index contributed by atoms with van der Waals surface area (Å²) in [5, 5.41) is 7.29. The van der Waals surface area contributed by atoms with Crippen molar-refractivity contribution in [1.82, 2.24) is 14.9 Å². The number of rotatable bonds is 6. The van der Waals surface area contributed by atoms with Crippen molar-refractivity contribution >= 4 is 32.7 Å². The summed E-state index contributed by atoms with van der Waals surface area (Å²) in [6.07, 6.45) is 1.68. The Bertz CT molecular complexity index is 1470. The van der Waals surface area contributed by atoms with Gasteiger partial charge in [0.15, 0.2) is 0 Å². The van der Waals surface area contributed by atoms with Crippen LogP contribution in [0.2, 0.25) is 0 Å². The van der Waals surface area contributed by atoms with E-state index in [0.717, 1.165) is 24.0 Å². The zero-order chi connectivity index (χ0) is 23.2. The maximum Gasteiger partial charge on any atom is 0.259 e. The average molecular weight is 463 g/mol. The summed E-state index contributed by atoms with van der Waals surface area (Å²) in [5.41, 5.74) is 4.05. The van der Waals surface area contributed by atoms with Crippen LogP contribution in [-0.4, -0.2) is 30.5 Å². The van der Waals surface area contributed by atoms with Gasteiger partial charge in [-0.25, -0.2) is 18.1 Å². The Balaban J connectivity index is 1.50. The number of hydrogen-bond acceptors (Lipinski definition) is 6. The molecule has 2 heterocycles. The average Bonchev–Trinajstić information content (AvgIpc) is 3.52. The van der Waals surface area contributed by atoms with E-state index in [1.165, 1.54) is 12.1 Å². The smallest absolute Gasteiger partial charge is 0.259 e. The van der Waals surface area contributed by atoms with Gasteiger partial charge in [-0.2, -0.15) is 0 Å². The number of benzene rings is 2. The van der Waals surface area contributed by atoms with Crippen LogP contribution in [0.25, 0.3) is 22.4 Å². The second-order valence-corrected chi connectivity index (χ2v) is 9.96. The number of anilines is 1. The van der Waals surface area contributed by atoms with Crippen LogP contribution in [0.1, 0.15) is 34.5 Å². The summed E-state index contributed by atoms with van der Waals surface area (Å²) in [6.45, 7) is 3.74. The summed E-state index contributed by atoms with van der Waals surface area (Å²) < 4.78 is 33.1. The molecule has 8 nitrogen and oxygen atoms in total. The number of aromatic nitrogens is 2. The molecule has 168 valence electrons. The molecular weight excluding hydrogens is 440 g/mol. The molecule has 0 atom stereocenters. The largest absolute Gasteiger partial charge is 0.335 e. The van der Waals surface area contributed by atoms with E-state index in [1.54, 1.807) is 25.1 Å². The molecule has 0 unspecified atom stereocenters. The molecule has 2 aromatic heterocycles. The van der Waals surface area contributed by atoms with Gasteiger partial charge in [0.1, 0.15) is 0 Å². The number of fused-ring (bicyclic) bond motifs is 1. The van der Waals surface area contributed by atoms with E-state index in [2.05, 4.69) is 20.2 Å². The standard InChI is InChI=1S/C24H22N4O4S/c1-14-6-8-16(9-7-14)21-13-20(22-15(2)27-32-24(22)26-21)23(29)25-18-4-3-5-19(12-18)33(30,31)28-17-10-11-17/h3-9,12-13,17,28H,10-11H2,1-2H3,(H,25,29). The lowest BCUT2D eigenvalue weighted by Gasteiger charge is -2.10. The molecule has 0 bridgehead atoms. The van der Waals surface area contributed by atoms with E-state index in [0.29, 0.717) is 28.0 Å². The van der Waals surface area contributed by atoms with Gasteiger partial charge in [-0.15, -0.1) is 0 Å². The summed E-state index contributed by atoms with van der Waals surface area (Å²) in [5.74, 6) is -0.410. The van der Waals surface area contributed by atoms with E-state index in [4.69, 9.17) is 4.52 Å². The third-order valence-corrected chi connectivity index (χ3v) is 7.03. The zero-order valence-corrected chi connectivity index (χ0v) is 18.9. The third-order valence-electron chi connectivity index (χ3n) is 5.51. The summed E-state index contributed by atoms with van der Waals surface area (Å²) >= 11 is 0. The fourth-order valence-electron chi connectivity index (χ4n) is 3.57. The molecule has 33 heavy (non-hydrogen) atoms. The fraction of sp³-hybridized carbons (Fsp3) is 0.208. The van der Waals surface area contributed by atoms with Crippen LogP contribution in [0.15, 0.2) is 64.0 Å². The monoisotopic (exact) mass is 462 g/mol. The quantitative estimate of drug-likeness (QED) is 0.444. The minimum absolute atomic E-state index is 0.00453. The summed E-state index contributed by atoms with van der Waals surface area (Å²) in [6, 6.07) is 15.7. The van der Waals surface area contributed by atoms with Gasteiger partial charge >= 0.3 is 0 Å². The van der Waals surface area contributed by atoms with E-state index in [-0.39, 0.29) is 16.7 Å². The molecular formula is C24H22N4O4S. The number of amides is 1. The second kappa shape index (κ2) is 8.09. The Morgan fingerprint density at radius 2 is 1.82 bits per heavy atom. The number of sulfonamides is 1. The molecule has 0 spiro atoms. The highest BCUT2D eigenvalue weighted by molar-refractivity contribution is 7.89.